The molecule has 102 valence electrons. The Morgan fingerprint density at radius 3 is 2.83 bits per heavy atom. The van der Waals surface area contributed by atoms with Crippen LogP contribution in [0.3, 0.4) is 0 Å². The lowest BCUT2D eigenvalue weighted by atomic mass is 9.85. The normalized spacial score (nSPS) is 19.0. The molecule has 1 unspecified atom stereocenters. The number of hydrogen-bond acceptors (Lipinski definition) is 4. The Labute approximate surface area is 114 Å². The molecule has 2 rings (SSSR count). The van der Waals surface area contributed by atoms with Gasteiger partial charge >= 0.3 is 0 Å². The largest absolute Gasteiger partial charge is 0.387 e. The molecular formula is C14H24N2OS. The number of aliphatic hydroxyl groups excluding tert-OH is 1. The fourth-order valence-corrected chi connectivity index (χ4v) is 3.59. The zero-order chi connectivity index (χ0) is 12.8. The first kappa shape index (κ1) is 13.9. The Morgan fingerprint density at radius 1 is 1.33 bits per heavy atom. The van der Waals surface area contributed by atoms with Crippen molar-refractivity contribution in [1.29, 1.82) is 0 Å². The van der Waals surface area contributed by atoms with E-state index >= 15 is 0 Å². The van der Waals surface area contributed by atoms with Crippen molar-refractivity contribution in [2.24, 2.45) is 5.92 Å². The smallest absolute Gasteiger partial charge is 0.0917 e. The van der Waals surface area contributed by atoms with Crippen LogP contribution < -0.4 is 0 Å². The lowest BCUT2D eigenvalue weighted by Gasteiger charge is -2.22. The van der Waals surface area contributed by atoms with Crippen LogP contribution in [0.25, 0.3) is 0 Å². The molecule has 18 heavy (non-hydrogen) atoms. The van der Waals surface area contributed by atoms with E-state index in [1.54, 1.807) is 0 Å². The monoisotopic (exact) mass is 268 g/mol. The predicted octanol–water partition coefficient (Wildman–Crippen LogP) is 3.88. The molecule has 1 N–H and O–H groups in total. The van der Waals surface area contributed by atoms with E-state index in [0.717, 1.165) is 42.2 Å². The van der Waals surface area contributed by atoms with Crippen LogP contribution in [0.5, 0.6) is 0 Å². The molecule has 1 saturated carbocycles. The van der Waals surface area contributed by atoms with Gasteiger partial charge in [0.25, 0.3) is 0 Å². The summed E-state index contributed by atoms with van der Waals surface area (Å²) >= 11 is 1.37. The fraction of sp³-hybridized carbons (Fsp3) is 0.857. The van der Waals surface area contributed by atoms with Crippen LogP contribution in [0.2, 0.25) is 0 Å². The molecule has 4 heteroatoms. The first-order valence-electron chi connectivity index (χ1n) is 7.30. The van der Waals surface area contributed by atoms with Crippen LogP contribution in [0.1, 0.15) is 75.0 Å². The zero-order valence-corrected chi connectivity index (χ0v) is 12.1. The minimum absolute atomic E-state index is 0.339. The second-order valence-corrected chi connectivity index (χ2v) is 6.22. The Bertz CT molecular complexity index is 347. The van der Waals surface area contributed by atoms with Crippen LogP contribution in [-0.2, 0) is 6.42 Å². The van der Waals surface area contributed by atoms with Gasteiger partial charge in [0, 0.05) is 0 Å². The Kier molecular flexibility index (Phi) is 5.57. The van der Waals surface area contributed by atoms with E-state index in [4.69, 9.17) is 0 Å². The average molecular weight is 268 g/mol. The first-order valence-corrected chi connectivity index (χ1v) is 8.07. The van der Waals surface area contributed by atoms with Gasteiger partial charge in [0.1, 0.15) is 0 Å². The molecule has 0 saturated heterocycles. The number of hydrogen-bond donors (Lipinski definition) is 1. The van der Waals surface area contributed by atoms with Crippen molar-refractivity contribution in [3.05, 3.63) is 10.6 Å². The Balaban J connectivity index is 1.82. The van der Waals surface area contributed by atoms with Gasteiger partial charge in [0.05, 0.1) is 16.7 Å². The maximum absolute atomic E-state index is 10.3. The summed E-state index contributed by atoms with van der Waals surface area (Å²) < 4.78 is 3.99. The van der Waals surface area contributed by atoms with Crippen molar-refractivity contribution in [3.63, 3.8) is 0 Å². The van der Waals surface area contributed by atoms with Crippen LogP contribution >= 0.6 is 11.5 Å². The van der Waals surface area contributed by atoms with Crippen molar-refractivity contribution in [2.45, 2.75) is 70.8 Å². The summed E-state index contributed by atoms with van der Waals surface area (Å²) in [5, 5.41) is 14.4. The number of rotatable bonds is 6. The van der Waals surface area contributed by atoms with Gasteiger partial charge in [0.15, 0.2) is 0 Å². The number of aliphatic hydroxyl groups is 1. The molecule has 1 aliphatic carbocycles. The predicted molar refractivity (Wildman–Crippen MR) is 74.7 cm³/mol. The maximum atomic E-state index is 10.3. The van der Waals surface area contributed by atoms with Crippen molar-refractivity contribution >= 4 is 11.5 Å². The van der Waals surface area contributed by atoms with Gasteiger partial charge in [-0.3, -0.25) is 0 Å². The Hall–Kier alpha value is -0.480. The van der Waals surface area contributed by atoms with E-state index in [9.17, 15) is 5.11 Å². The van der Waals surface area contributed by atoms with Crippen LogP contribution in [-0.4, -0.2) is 14.7 Å². The summed E-state index contributed by atoms with van der Waals surface area (Å²) in [6.07, 6.45) is 10.6. The fourth-order valence-electron chi connectivity index (χ4n) is 2.88. The molecule has 0 aliphatic heterocycles. The van der Waals surface area contributed by atoms with E-state index in [1.807, 2.05) is 0 Å². The molecule has 1 aliphatic rings. The van der Waals surface area contributed by atoms with E-state index in [2.05, 4.69) is 16.5 Å². The molecule has 1 atom stereocenters. The van der Waals surface area contributed by atoms with Crippen LogP contribution in [0.15, 0.2) is 0 Å². The van der Waals surface area contributed by atoms with E-state index in [1.165, 1.54) is 43.6 Å². The van der Waals surface area contributed by atoms with E-state index in [-0.39, 0.29) is 6.10 Å². The Morgan fingerprint density at radius 2 is 2.11 bits per heavy atom. The summed E-state index contributed by atoms with van der Waals surface area (Å²) in [5.41, 5.74) is 1.01. The van der Waals surface area contributed by atoms with Gasteiger partial charge < -0.3 is 5.11 Å². The van der Waals surface area contributed by atoms with Crippen molar-refractivity contribution in [2.75, 3.05) is 0 Å². The highest BCUT2D eigenvalue weighted by Gasteiger charge is 2.19. The van der Waals surface area contributed by atoms with Crippen LogP contribution in [0, 0.1) is 5.92 Å². The molecule has 0 amide bonds. The van der Waals surface area contributed by atoms with Gasteiger partial charge in [-0.1, -0.05) is 49.9 Å². The second kappa shape index (κ2) is 7.19. The van der Waals surface area contributed by atoms with Gasteiger partial charge in [-0.25, -0.2) is 0 Å². The SMILES string of the molecule is CCCc1nnsc1C(O)CCC1CCCCC1. The topological polar surface area (TPSA) is 46.0 Å². The quantitative estimate of drug-likeness (QED) is 0.851. The number of aryl methyl sites for hydroxylation is 1. The van der Waals surface area contributed by atoms with Gasteiger partial charge in [-0.15, -0.1) is 5.10 Å². The number of nitrogens with zero attached hydrogens (tertiary/aromatic N) is 2. The lowest BCUT2D eigenvalue weighted by molar-refractivity contribution is 0.153. The van der Waals surface area contributed by atoms with E-state index in [0.29, 0.717) is 0 Å². The molecule has 0 spiro atoms. The van der Waals surface area contributed by atoms with Crippen molar-refractivity contribution in [3.8, 4) is 0 Å². The minimum atomic E-state index is -0.339. The van der Waals surface area contributed by atoms with Crippen molar-refractivity contribution in [1.82, 2.24) is 9.59 Å². The molecule has 0 aromatic carbocycles. The third kappa shape index (κ3) is 3.75. The highest BCUT2D eigenvalue weighted by Crippen LogP contribution is 2.32. The van der Waals surface area contributed by atoms with E-state index < -0.39 is 0 Å². The third-order valence-electron chi connectivity index (χ3n) is 3.95. The summed E-state index contributed by atoms with van der Waals surface area (Å²) in [6.45, 7) is 2.14. The molecule has 0 bridgehead atoms. The lowest BCUT2D eigenvalue weighted by Crippen LogP contribution is -2.08. The summed E-state index contributed by atoms with van der Waals surface area (Å²) in [5.74, 6) is 0.837. The molecule has 1 heterocycles. The zero-order valence-electron chi connectivity index (χ0n) is 11.3. The van der Waals surface area contributed by atoms with Gasteiger partial charge in [-0.2, -0.15) is 0 Å². The maximum Gasteiger partial charge on any atom is 0.0917 e. The molecule has 0 radical (unpaired) electrons. The third-order valence-corrected chi connectivity index (χ3v) is 4.82. The molecule has 1 aromatic rings. The average Bonchev–Trinajstić information content (AvgIpc) is 2.86. The molecule has 3 nitrogen and oxygen atoms in total. The summed E-state index contributed by atoms with van der Waals surface area (Å²) in [4.78, 5) is 1.01. The molecule has 1 aromatic heterocycles. The minimum Gasteiger partial charge on any atom is -0.387 e. The van der Waals surface area contributed by atoms with Gasteiger partial charge in [-0.05, 0) is 36.7 Å². The number of aromatic nitrogens is 2. The summed E-state index contributed by atoms with van der Waals surface area (Å²) in [6, 6.07) is 0. The standard InChI is InChI=1S/C14H24N2OS/c1-2-6-12-14(18-16-15-12)13(17)10-9-11-7-4-3-5-8-11/h11,13,17H,2-10H2,1H3. The second-order valence-electron chi connectivity index (χ2n) is 5.43. The molecule has 1 fully saturated rings. The van der Waals surface area contributed by atoms with Crippen molar-refractivity contribution < 1.29 is 5.11 Å². The highest BCUT2D eigenvalue weighted by molar-refractivity contribution is 7.05. The summed E-state index contributed by atoms with van der Waals surface area (Å²) in [7, 11) is 0. The first-order chi connectivity index (χ1) is 8.81. The van der Waals surface area contributed by atoms with Crippen LogP contribution in [0.4, 0.5) is 0 Å². The van der Waals surface area contributed by atoms with Gasteiger partial charge in [0.2, 0.25) is 0 Å². The molecular weight excluding hydrogens is 244 g/mol. The highest BCUT2D eigenvalue weighted by atomic mass is 32.1.